The van der Waals surface area contributed by atoms with Crippen molar-refractivity contribution >= 4 is 50.2 Å². The van der Waals surface area contributed by atoms with Gasteiger partial charge in [-0.25, -0.2) is 4.98 Å². The molecule has 1 aromatic carbocycles. The normalized spacial score (nSPS) is 10.7. The molecule has 2 heterocycles. The number of hydrogen-bond acceptors (Lipinski definition) is 4. The van der Waals surface area contributed by atoms with E-state index in [-0.39, 0.29) is 0 Å². The van der Waals surface area contributed by atoms with Gasteiger partial charge in [0.1, 0.15) is 5.15 Å². The summed E-state index contributed by atoms with van der Waals surface area (Å²) >= 11 is 7.57. The standard InChI is InChI=1S/C13H10ClN3S/c14-12-4-2-10(15)13(17-12)16-9-1-3-11-8(7-9)5-6-18-11/h1-7H,15H2,(H,16,17). The largest absolute Gasteiger partial charge is 0.396 e. The Morgan fingerprint density at radius 1 is 1.17 bits per heavy atom. The van der Waals surface area contributed by atoms with Crippen molar-refractivity contribution in [2.45, 2.75) is 0 Å². The Morgan fingerprint density at radius 3 is 2.94 bits per heavy atom. The fourth-order valence-electron chi connectivity index (χ4n) is 1.73. The van der Waals surface area contributed by atoms with Crippen LogP contribution in [0.25, 0.3) is 10.1 Å². The molecule has 3 nitrogen and oxygen atoms in total. The highest BCUT2D eigenvalue weighted by molar-refractivity contribution is 7.17. The van der Waals surface area contributed by atoms with E-state index < -0.39 is 0 Å². The molecule has 0 amide bonds. The first-order valence-electron chi connectivity index (χ1n) is 5.39. The van der Waals surface area contributed by atoms with Crippen molar-refractivity contribution in [2.75, 3.05) is 11.1 Å². The molecule has 0 aliphatic rings. The number of halogens is 1. The Hall–Kier alpha value is -1.78. The quantitative estimate of drug-likeness (QED) is 0.687. The molecule has 5 heteroatoms. The third kappa shape index (κ3) is 2.12. The molecule has 18 heavy (non-hydrogen) atoms. The van der Waals surface area contributed by atoms with Crippen molar-refractivity contribution < 1.29 is 0 Å². The summed E-state index contributed by atoms with van der Waals surface area (Å²) in [6.45, 7) is 0. The molecular formula is C13H10ClN3S. The number of anilines is 3. The maximum Gasteiger partial charge on any atom is 0.155 e. The van der Waals surface area contributed by atoms with Crippen molar-refractivity contribution in [3.63, 3.8) is 0 Å². The molecule has 0 saturated heterocycles. The molecule has 0 fully saturated rings. The van der Waals surface area contributed by atoms with Gasteiger partial charge in [-0.3, -0.25) is 0 Å². The average Bonchev–Trinajstić information content (AvgIpc) is 2.81. The fourth-order valence-corrected chi connectivity index (χ4v) is 2.65. The molecule has 0 atom stereocenters. The maximum atomic E-state index is 5.86. The summed E-state index contributed by atoms with van der Waals surface area (Å²) in [7, 11) is 0. The zero-order chi connectivity index (χ0) is 12.5. The number of thiophene rings is 1. The predicted octanol–water partition coefficient (Wildman–Crippen LogP) is 4.28. The Balaban J connectivity index is 1.97. The van der Waals surface area contributed by atoms with E-state index in [0.717, 1.165) is 5.69 Å². The summed E-state index contributed by atoms with van der Waals surface area (Å²) in [6.07, 6.45) is 0. The molecule has 0 spiro atoms. The van der Waals surface area contributed by atoms with Crippen molar-refractivity contribution in [2.24, 2.45) is 0 Å². The van der Waals surface area contributed by atoms with Crippen LogP contribution in [0.2, 0.25) is 5.15 Å². The van der Waals surface area contributed by atoms with E-state index in [1.54, 1.807) is 23.5 Å². The number of benzene rings is 1. The van der Waals surface area contributed by atoms with Crippen LogP contribution in [0.15, 0.2) is 41.8 Å². The van der Waals surface area contributed by atoms with Gasteiger partial charge in [-0.1, -0.05) is 11.6 Å². The summed E-state index contributed by atoms with van der Waals surface area (Å²) in [5, 5.41) is 6.87. The zero-order valence-corrected chi connectivity index (χ0v) is 10.9. The number of rotatable bonds is 2. The number of aromatic nitrogens is 1. The van der Waals surface area contributed by atoms with Crippen LogP contribution in [0.3, 0.4) is 0 Å². The fraction of sp³-hybridized carbons (Fsp3) is 0. The Morgan fingerprint density at radius 2 is 2.06 bits per heavy atom. The van der Waals surface area contributed by atoms with Crippen LogP contribution in [0.4, 0.5) is 17.2 Å². The van der Waals surface area contributed by atoms with Crippen molar-refractivity contribution in [1.29, 1.82) is 0 Å². The summed E-state index contributed by atoms with van der Waals surface area (Å²) in [6, 6.07) is 11.6. The minimum atomic E-state index is 0.420. The van der Waals surface area contributed by atoms with Gasteiger partial charge in [-0.2, -0.15) is 0 Å². The molecular weight excluding hydrogens is 266 g/mol. The smallest absolute Gasteiger partial charge is 0.155 e. The van der Waals surface area contributed by atoms with Gasteiger partial charge < -0.3 is 11.1 Å². The molecule has 2 aromatic heterocycles. The van der Waals surface area contributed by atoms with Crippen LogP contribution in [0, 0.1) is 0 Å². The molecule has 3 N–H and O–H groups in total. The van der Waals surface area contributed by atoms with E-state index in [1.807, 2.05) is 6.07 Å². The van der Waals surface area contributed by atoms with Gasteiger partial charge in [-0.15, -0.1) is 11.3 Å². The topological polar surface area (TPSA) is 50.9 Å². The second kappa shape index (κ2) is 4.48. The predicted molar refractivity (Wildman–Crippen MR) is 78.8 cm³/mol. The average molecular weight is 276 g/mol. The first kappa shape index (κ1) is 11.3. The van der Waals surface area contributed by atoms with Gasteiger partial charge in [0.2, 0.25) is 0 Å². The molecule has 3 rings (SSSR count). The molecule has 0 unspecified atom stereocenters. The Labute approximate surface area is 113 Å². The number of nitrogen functional groups attached to an aromatic ring is 1. The van der Waals surface area contributed by atoms with E-state index in [0.29, 0.717) is 16.7 Å². The molecule has 0 aliphatic carbocycles. The molecule has 0 radical (unpaired) electrons. The van der Waals surface area contributed by atoms with Gasteiger partial charge in [-0.05, 0) is 47.2 Å². The lowest BCUT2D eigenvalue weighted by Crippen LogP contribution is -1.98. The second-order valence-electron chi connectivity index (χ2n) is 3.87. The van der Waals surface area contributed by atoms with Gasteiger partial charge >= 0.3 is 0 Å². The number of nitrogens with one attached hydrogen (secondary N) is 1. The highest BCUT2D eigenvalue weighted by Gasteiger charge is 2.03. The van der Waals surface area contributed by atoms with E-state index in [4.69, 9.17) is 17.3 Å². The summed E-state index contributed by atoms with van der Waals surface area (Å²) in [4.78, 5) is 4.17. The van der Waals surface area contributed by atoms with Crippen molar-refractivity contribution in [3.8, 4) is 0 Å². The van der Waals surface area contributed by atoms with E-state index in [9.17, 15) is 0 Å². The van der Waals surface area contributed by atoms with E-state index >= 15 is 0 Å². The number of hydrogen-bond donors (Lipinski definition) is 2. The maximum absolute atomic E-state index is 5.86. The van der Waals surface area contributed by atoms with E-state index in [2.05, 4.69) is 33.9 Å². The van der Waals surface area contributed by atoms with Crippen molar-refractivity contribution in [1.82, 2.24) is 4.98 Å². The van der Waals surface area contributed by atoms with Crippen LogP contribution in [-0.4, -0.2) is 4.98 Å². The monoisotopic (exact) mass is 275 g/mol. The lowest BCUT2D eigenvalue weighted by atomic mass is 10.2. The second-order valence-corrected chi connectivity index (χ2v) is 5.20. The van der Waals surface area contributed by atoms with Crippen molar-refractivity contribution in [3.05, 3.63) is 46.9 Å². The Bertz CT molecular complexity index is 708. The third-order valence-corrected chi connectivity index (χ3v) is 3.72. The van der Waals surface area contributed by atoms with Crippen LogP contribution < -0.4 is 11.1 Å². The summed E-state index contributed by atoms with van der Waals surface area (Å²) in [5.74, 6) is 0.581. The molecule has 0 aliphatic heterocycles. The molecule has 90 valence electrons. The summed E-state index contributed by atoms with van der Waals surface area (Å²) < 4.78 is 1.26. The number of nitrogens with two attached hydrogens (primary N) is 1. The Kier molecular flexibility index (Phi) is 2.81. The van der Waals surface area contributed by atoms with Crippen LogP contribution in [-0.2, 0) is 0 Å². The van der Waals surface area contributed by atoms with Gasteiger partial charge in [0.25, 0.3) is 0 Å². The summed E-state index contributed by atoms with van der Waals surface area (Å²) in [5.41, 5.74) is 7.37. The molecule has 0 bridgehead atoms. The third-order valence-electron chi connectivity index (χ3n) is 2.61. The highest BCUT2D eigenvalue weighted by atomic mass is 35.5. The van der Waals surface area contributed by atoms with Crippen LogP contribution >= 0.6 is 22.9 Å². The lowest BCUT2D eigenvalue weighted by Gasteiger charge is -2.08. The van der Waals surface area contributed by atoms with Gasteiger partial charge in [0.15, 0.2) is 5.82 Å². The van der Waals surface area contributed by atoms with Crippen LogP contribution in [0.5, 0.6) is 0 Å². The molecule has 3 aromatic rings. The van der Waals surface area contributed by atoms with E-state index in [1.165, 1.54) is 10.1 Å². The first-order chi connectivity index (χ1) is 8.72. The molecule has 0 saturated carbocycles. The number of fused-ring (bicyclic) bond motifs is 1. The minimum Gasteiger partial charge on any atom is -0.396 e. The first-order valence-corrected chi connectivity index (χ1v) is 6.64. The lowest BCUT2D eigenvalue weighted by molar-refractivity contribution is 1.31. The highest BCUT2D eigenvalue weighted by Crippen LogP contribution is 2.27. The number of pyridine rings is 1. The van der Waals surface area contributed by atoms with Gasteiger partial charge in [0, 0.05) is 10.4 Å². The number of nitrogens with zero attached hydrogens (tertiary/aromatic N) is 1. The zero-order valence-electron chi connectivity index (χ0n) is 9.35. The van der Waals surface area contributed by atoms with Gasteiger partial charge in [0.05, 0.1) is 5.69 Å². The van der Waals surface area contributed by atoms with Crippen LogP contribution in [0.1, 0.15) is 0 Å². The SMILES string of the molecule is Nc1ccc(Cl)nc1Nc1ccc2sccc2c1. The minimum absolute atomic E-state index is 0.420.